The van der Waals surface area contributed by atoms with Gasteiger partial charge in [-0.15, -0.1) is 0 Å². The largest absolute Gasteiger partial charge is 0.442 e. The molecule has 330 valence electrons. The predicted molar refractivity (Wildman–Crippen MR) is 256 cm³/mol. The minimum Gasteiger partial charge on any atom is -0.442 e. The highest BCUT2D eigenvalue weighted by atomic mass is 79.9. The van der Waals surface area contributed by atoms with Gasteiger partial charge in [-0.25, -0.2) is 9.59 Å². The Balaban J connectivity index is 1.19. The third-order valence-corrected chi connectivity index (χ3v) is 13.2. The van der Waals surface area contributed by atoms with Crippen LogP contribution in [0.5, 0.6) is 0 Å². The van der Waals surface area contributed by atoms with Gasteiger partial charge in [-0.1, -0.05) is 105 Å². The molecule has 3 amide bonds. The van der Waals surface area contributed by atoms with Gasteiger partial charge < -0.3 is 24.3 Å². The first-order chi connectivity index (χ1) is 29.7. The summed E-state index contributed by atoms with van der Waals surface area (Å²) in [4.78, 5) is 40.1. The van der Waals surface area contributed by atoms with Gasteiger partial charge in [0.1, 0.15) is 12.2 Å². The lowest BCUT2D eigenvalue weighted by Crippen LogP contribution is -2.52. The molecule has 10 nitrogen and oxygen atoms in total. The Morgan fingerprint density at radius 3 is 1.92 bits per heavy atom. The van der Waals surface area contributed by atoms with E-state index in [0.29, 0.717) is 35.3 Å². The van der Waals surface area contributed by atoms with Crippen LogP contribution in [0.4, 0.5) is 26.7 Å². The molecule has 2 aliphatic heterocycles. The summed E-state index contributed by atoms with van der Waals surface area (Å²) in [5, 5.41) is 8.52. The van der Waals surface area contributed by atoms with Crippen LogP contribution in [0.2, 0.25) is 0 Å². The number of amides is 3. The lowest BCUT2D eigenvalue weighted by atomic mass is 9.94. The molecule has 0 aromatic heterocycles. The van der Waals surface area contributed by atoms with Crippen molar-refractivity contribution in [2.24, 2.45) is 23.7 Å². The Morgan fingerprint density at radius 1 is 0.790 bits per heavy atom. The normalized spacial score (nSPS) is 26.7. The van der Waals surface area contributed by atoms with Crippen LogP contribution < -0.4 is 16.0 Å². The topological polar surface area (TPSA) is 124 Å². The maximum Gasteiger partial charge on any atom is 0.412 e. The maximum absolute atomic E-state index is 13.5. The molecule has 13 heteroatoms. The van der Waals surface area contributed by atoms with Crippen LogP contribution in [0.25, 0.3) is 0 Å². The van der Waals surface area contributed by atoms with Crippen molar-refractivity contribution in [2.75, 3.05) is 16.0 Å². The minimum absolute atomic E-state index is 0.0991. The molecule has 3 aromatic rings. The van der Waals surface area contributed by atoms with Gasteiger partial charge in [-0.3, -0.25) is 15.4 Å². The summed E-state index contributed by atoms with van der Waals surface area (Å²) >= 11 is 10.3. The van der Waals surface area contributed by atoms with Crippen LogP contribution in [-0.2, 0) is 23.7 Å². The molecule has 0 radical (unpaired) electrons. The minimum atomic E-state index is -1.01. The van der Waals surface area contributed by atoms with E-state index in [1.54, 1.807) is 24.3 Å². The number of carbonyl (C=O) groups is 3. The SMILES string of the molecule is CC[C@H]1O[C@@H](/C(C)=C/[C@H](C)/C=C/[C@H]2[C@@H](C)[C@@H]2/C=C/[C@@H]2O[C@H](CCC(=O)Nc3ccc(Br)cc3)C[C@H](OC(=O)Nc3ccc(Br)cc3)[C@H]2OC(=O)Nc2ccc(Br)cc2)CC=C1C. The Kier molecular flexibility index (Phi) is 17.3. The fourth-order valence-corrected chi connectivity index (χ4v) is 8.77. The van der Waals surface area contributed by atoms with Gasteiger partial charge in [0, 0.05) is 43.3 Å². The molecule has 0 spiro atoms. The third kappa shape index (κ3) is 14.0. The van der Waals surface area contributed by atoms with Gasteiger partial charge in [0.15, 0.2) is 6.10 Å². The number of halogens is 3. The number of anilines is 3. The molecule has 1 saturated heterocycles. The Morgan fingerprint density at radius 2 is 1.34 bits per heavy atom. The number of nitrogens with one attached hydrogen (secondary N) is 3. The first-order valence-electron chi connectivity index (χ1n) is 21.3. The van der Waals surface area contributed by atoms with Gasteiger partial charge in [-0.05, 0) is 141 Å². The quantitative estimate of drug-likeness (QED) is 0.130. The second-order valence-corrected chi connectivity index (χ2v) is 19.1. The third-order valence-electron chi connectivity index (χ3n) is 11.6. The van der Waals surface area contributed by atoms with E-state index < -0.39 is 36.6 Å². The van der Waals surface area contributed by atoms with E-state index in [1.807, 2.05) is 54.6 Å². The van der Waals surface area contributed by atoms with Gasteiger partial charge in [0.25, 0.3) is 0 Å². The van der Waals surface area contributed by atoms with Crippen molar-refractivity contribution in [3.05, 3.63) is 134 Å². The second-order valence-electron chi connectivity index (χ2n) is 16.4. The van der Waals surface area contributed by atoms with Crippen LogP contribution >= 0.6 is 47.8 Å². The number of rotatable bonds is 15. The first-order valence-corrected chi connectivity index (χ1v) is 23.7. The monoisotopic (exact) mass is 1040 g/mol. The number of hydrogen-bond acceptors (Lipinski definition) is 7. The van der Waals surface area contributed by atoms with E-state index in [9.17, 15) is 14.4 Å². The molecule has 3 aromatic carbocycles. The summed E-state index contributed by atoms with van der Waals surface area (Å²) < 4.78 is 27.9. The Bertz CT molecular complexity index is 2120. The molecule has 1 saturated carbocycles. The molecular formula is C49H56Br3N3O7. The van der Waals surface area contributed by atoms with Crippen LogP contribution in [0.3, 0.4) is 0 Å². The lowest BCUT2D eigenvalue weighted by molar-refractivity contribution is -0.152. The highest BCUT2D eigenvalue weighted by molar-refractivity contribution is 9.11. The van der Waals surface area contributed by atoms with Crippen molar-refractivity contribution >= 4 is 82.9 Å². The van der Waals surface area contributed by atoms with Crippen LogP contribution in [0.15, 0.2) is 134 Å². The standard InChI is InChI=1S/C49H56Br3N3O7/c1-6-42-30(3)8-24-43(60-42)31(4)27-29(2)7-22-40-32(5)41(40)23-25-44-47(62-49(58)55-38-19-13-35(52)14-20-38)45(61-48(57)54-37-17-11-34(51)12-18-37)28-39(59-44)21-26-46(56)53-36-15-9-33(50)10-16-36/h7-20,22-23,25,27,29,32,39-45,47H,6,21,24,26,28H2,1-5H3,(H,53,56)(H,54,57)(H,55,58)/b22-7+,25-23+,31-27+/t29-,32-,39-,40+,41+,42-,43-,44+,45+,47+/m1/s1. The lowest BCUT2D eigenvalue weighted by Gasteiger charge is -2.39. The highest BCUT2D eigenvalue weighted by Crippen LogP contribution is 2.48. The highest BCUT2D eigenvalue weighted by Gasteiger charge is 2.46. The molecule has 3 aliphatic rings. The molecular weight excluding hydrogens is 982 g/mol. The first kappa shape index (κ1) is 47.5. The molecule has 0 bridgehead atoms. The molecule has 62 heavy (non-hydrogen) atoms. The van der Waals surface area contributed by atoms with E-state index >= 15 is 0 Å². The van der Waals surface area contributed by atoms with Crippen molar-refractivity contribution in [1.29, 1.82) is 0 Å². The molecule has 3 N–H and O–H groups in total. The number of carbonyl (C=O) groups excluding carboxylic acids is 3. The second kappa shape index (κ2) is 22.6. The van der Waals surface area contributed by atoms with Gasteiger partial charge in [0.2, 0.25) is 5.91 Å². The smallest absolute Gasteiger partial charge is 0.412 e. The molecule has 6 rings (SSSR count). The fraction of sp³-hybridized carbons (Fsp3) is 0.408. The average molecular weight is 1040 g/mol. The van der Waals surface area contributed by atoms with E-state index in [4.69, 9.17) is 18.9 Å². The summed E-state index contributed by atoms with van der Waals surface area (Å²) in [7, 11) is 0. The molecule has 2 fully saturated rings. The summed E-state index contributed by atoms with van der Waals surface area (Å²) in [6.45, 7) is 10.9. The van der Waals surface area contributed by atoms with Gasteiger partial charge >= 0.3 is 12.2 Å². The van der Waals surface area contributed by atoms with E-state index in [2.05, 4.69) is 129 Å². The molecule has 2 heterocycles. The van der Waals surface area contributed by atoms with Crippen molar-refractivity contribution in [2.45, 2.75) is 103 Å². The Labute approximate surface area is 390 Å². The van der Waals surface area contributed by atoms with Crippen LogP contribution in [0, 0.1) is 23.7 Å². The van der Waals surface area contributed by atoms with E-state index in [-0.39, 0.29) is 42.8 Å². The summed E-state index contributed by atoms with van der Waals surface area (Å²) in [6, 6.07) is 21.6. The zero-order valence-corrected chi connectivity index (χ0v) is 40.5. The number of allylic oxidation sites excluding steroid dienone is 4. The maximum atomic E-state index is 13.5. The molecule has 10 atom stereocenters. The van der Waals surface area contributed by atoms with Crippen LogP contribution in [0.1, 0.15) is 66.7 Å². The number of ether oxygens (including phenoxy) is 4. The van der Waals surface area contributed by atoms with Crippen molar-refractivity contribution in [1.82, 2.24) is 0 Å². The van der Waals surface area contributed by atoms with Crippen molar-refractivity contribution in [3.63, 3.8) is 0 Å². The summed E-state index contributed by atoms with van der Waals surface area (Å²) in [5.41, 5.74) is 4.31. The van der Waals surface area contributed by atoms with Gasteiger partial charge in [-0.2, -0.15) is 0 Å². The summed E-state index contributed by atoms with van der Waals surface area (Å²) in [5.74, 6) is 0.973. The van der Waals surface area contributed by atoms with Crippen LogP contribution in [-0.4, -0.2) is 54.7 Å². The zero-order chi connectivity index (χ0) is 44.3. The number of hydrogen-bond donors (Lipinski definition) is 3. The summed E-state index contributed by atoms with van der Waals surface area (Å²) in [6.07, 6.45) is 11.4. The van der Waals surface area contributed by atoms with Crippen molar-refractivity contribution < 1.29 is 33.3 Å². The van der Waals surface area contributed by atoms with Gasteiger partial charge in [0.05, 0.1) is 18.3 Å². The zero-order valence-electron chi connectivity index (χ0n) is 35.7. The predicted octanol–water partition coefficient (Wildman–Crippen LogP) is 13.2. The Hall–Kier alpha value is -4.01. The van der Waals surface area contributed by atoms with E-state index in [1.165, 1.54) is 11.1 Å². The van der Waals surface area contributed by atoms with Crippen molar-refractivity contribution in [3.8, 4) is 0 Å². The fourth-order valence-electron chi connectivity index (χ4n) is 7.98. The average Bonchev–Trinajstić information content (AvgIpc) is 3.88. The number of benzene rings is 3. The van der Waals surface area contributed by atoms with E-state index in [0.717, 1.165) is 26.3 Å². The molecule has 1 aliphatic carbocycles. The molecule has 0 unspecified atom stereocenters.